The molecule has 2 aromatic rings. The Balaban J connectivity index is 1.43. The Labute approximate surface area is 166 Å². The molecule has 28 heavy (non-hydrogen) atoms. The monoisotopic (exact) mass is 380 g/mol. The van der Waals surface area contributed by atoms with Crippen molar-refractivity contribution in [2.45, 2.75) is 19.3 Å². The molecular formula is C22H28N4O2. The third-order valence-electron chi connectivity index (χ3n) is 5.67. The predicted molar refractivity (Wildman–Crippen MR) is 111 cm³/mol. The SMILES string of the molecule is COc1ccccc1N1CCN(c2cc(C(=O)N3CCCCC3)ccn2)CC1. The van der Waals surface area contributed by atoms with E-state index in [4.69, 9.17) is 4.74 Å². The van der Waals surface area contributed by atoms with Crippen LogP contribution in [-0.2, 0) is 0 Å². The van der Waals surface area contributed by atoms with E-state index in [9.17, 15) is 4.79 Å². The molecule has 4 rings (SSSR count). The summed E-state index contributed by atoms with van der Waals surface area (Å²) in [7, 11) is 1.71. The summed E-state index contributed by atoms with van der Waals surface area (Å²) in [5.41, 5.74) is 1.88. The van der Waals surface area contributed by atoms with E-state index in [0.717, 1.165) is 74.9 Å². The Morgan fingerprint density at radius 3 is 2.39 bits per heavy atom. The lowest BCUT2D eigenvalue weighted by Gasteiger charge is -2.37. The number of hydrogen-bond donors (Lipinski definition) is 0. The van der Waals surface area contributed by atoms with Gasteiger partial charge >= 0.3 is 0 Å². The van der Waals surface area contributed by atoms with Crippen LogP contribution in [0.4, 0.5) is 11.5 Å². The number of carbonyl (C=O) groups is 1. The van der Waals surface area contributed by atoms with Crippen molar-refractivity contribution in [1.29, 1.82) is 0 Å². The van der Waals surface area contributed by atoms with Gasteiger partial charge in [0.25, 0.3) is 5.91 Å². The lowest BCUT2D eigenvalue weighted by molar-refractivity contribution is 0.0724. The topological polar surface area (TPSA) is 48.9 Å². The number of para-hydroxylation sites is 2. The highest BCUT2D eigenvalue weighted by molar-refractivity contribution is 5.95. The van der Waals surface area contributed by atoms with Gasteiger partial charge in [0.15, 0.2) is 0 Å². The summed E-state index contributed by atoms with van der Waals surface area (Å²) in [6.07, 6.45) is 5.20. The van der Waals surface area contributed by atoms with Crippen LogP contribution in [0.1, 0.15) is 29.6 Å². The van der Waals surface area contributed by atoms with Crippen LogP contribution in [0.5, 0.6) is 5.75 Å². The molecule has 0 N–H and O–H groups in total. The number of likely N-dealkylation sites (tertiary alicyclic amines) is 1. The first-order valence-electron chi connectivity index (χ1n) is 10.1. The number of anilines is 2. The number of pyridine rings is 1. The summed E-state index contributed by atoms with van der Waals surface area (Å²) in [5, 5.41) is 0. The van der Waals surface area contributed by atoms with Gasteiger partial charge in [-0.2, -0.15) is 0 Å². The van der Waals surface area contributed by atoms with Crippen LogP contribution in [0.3, 0.4) is 0 Å². The zero-order chi connectivity index (χ0) is 19.3. The number of piperidine rings is 1. The molecule has 148 valence electrons. The van der Waals surface area contributed by atoms with Gasteiger partial charge in [0.1, 0.15) is 11.6 Å². The summed E-state index contributed by atoms with van der Waals surface area (Å²) in [5.74, 6) is 1.93. The number of nitrogens with zero attached hydrogens (tertiary/aromatic N) is 4. The molecule has 0 radical (unpaired) electrons. The molecule has 0 spiro atoms. The van der Waals surface area contributed by atoms with Crippen molar-refractivity contribution in [3.05, 3.63) is 48.2 Å². The van der Waals surface area contributed by atoms with Crippen molar-refractivity contribution in [3.63, 3.8) is 0 Å². The zero-order valence-electron chi connectivity index (χ0n) is 16.5. The molecule has 0 atom stereocenters. The summed E-state index contributed by atoms with van der Waals surface area (Å²) in [4.78, 5) is 23.9. The van der Waals surface area contributed by atoms with Crippen molar-refractivity contribution in [2.24, 2.45) is 0 Å². The van der Waals surface area contributed by atoms with Gasteiger partial charge in [-0.05, 0) is 43.5 Å². The number of piperazine rings is 1. The molecule has 2 saturated heterocycles. The molecular weight excluding hydrogens is 352 g/mol. The van der Waals surface area contributed by atoms with Crippen molar-refractivity contribution in [1.82, 2.24) is 9.88 Å². The van der Waals surface area contributed by atoms with E-state index in [-0.39, 0.29) is 5.91 Å². The molecule has 0 saturated carbocycles. The second-order valence-electron chi connectivity index (χ2n) is 7.40. The van der Waals surface area contributed by atoms with Crippen LogP contribution >= 0.6 is 0 Å². The maximum atomic E-state index is 12.8. The molecule has 1 amide bonds. The number of hydrogen-bond acceptors (Lipinski definition) is 5. The molecule has 0 aliphatic carbocycles. The minimum absolute atomic E-state index is 0.135. The van der Waals surface area contributed by atoms with Gasteiger partial charge in [-0.3, -0.25) is 4.79 Å². The molecule has 2 aliphatic heterocycles. The fourth-order valence-electron chi connectivity index (χ4n) is 4.07. The predicted octanol–water partition coefficient (Wildman–Crippen LogP) is 3.04. The van der Waals surface area contributed by atoms with E-state index in [0.29, 0.717) is 0 Å². The molecule has 2 fully saturated rings. The Morgan fingerprint density at radius 2 is 1.64 bits per heavy atom. The smallest absolute Gasteiger partial charge is 0.254 e. The van der Waals surface area contributed by atoms with Gasteiger partial charge in [0, 0.05) is 51.0 Å². The molecule has 0 bridgehead atoms. The van der Waals surface area contributed by atoms with Gasteiger partial charge in [0.2, 0.25) is 0 Å². The van der Waals surface area contributed by atoms with Gasteiger partial charge in [-0.1, -0.05) is 12.1 Å². The number of methoxy groups -OCH3 is 1. The lowest BCUT2D eigenvalue weighted by Crippen LogP contribution is -2.47. The Hall–Kier alpha value is -2.76. The number of benzene rings is 1. The summed E-state index contributed by atoms with van der Waals surface area (Å²) in [6, 6.07) is 11.9. The van der Waals surface area contributed by atoms with Crippen LogP contribution in [-0.4, -0.2) is 62.2 Å². The Morgan fingerprint density at radius 1 is 0.929 bits per heavy atom. The van der Waals surface area contributed by atoms with E-state index < -0.39 is 0 Å². The summed E-state index contributed by atoms with van der Waals surface area (Å²) >= 11 is 0. The normalized spacial score (nSPS) is 17.5. The first kappa shape index (κ1) is 18.6. The maximum Gasteiger partial charge on any atom is 0.254 e. The highest BCUT2D eigenvalue weighted by atomic mass is 16.5. The minimum atomic E-state index is 0.135. The van der Waals surface area contributed by atoms with Gasteiger partial charge < -0.3 is 19.4 Å². The third-order valence-corrected chi connectivity index (χ3v) is 5.67. The van der Waals surface area contributed by atoms with Gasteiger partial charge in [-0.25, -0.2) is 4.98 Å². The average Bonchev–Trinajstić information content (AvgIpc) is 2.79. The van der Waals surface area contributed by atoms with Crippen LogP contribution in [0, 0.1) is 0 Å². The van der Waals surface area contributed by atoms with E-state index in [2.05, 4.69) is 20.9 Å². The maximum absolute atomic E-state index is 12.8. The van der Waals surface area contributed by atoms with E-state index in [1.54, 1.807) is 13.3 Å². The molecule has 6 nitrogen and oxygen atoms in total. The van der Waals surface area contributed by atoms with Crippen LogP contribution in [0.15, 0.2) is 42.6 Å². The Kier molecular flexibility index (Phi) is 5.65. The fourth-order valence-corrected chi connectivity index (χ4v) is 4.07. The summed E-state index contributed by atoms with van der Waals surface area (Å²) in [6.45, 7) is 5.26. The second kappa shape index (κ2) is 8.50. The zero-order valence-corrected chi connectivity index (χ0v) is 16.5. The van der Waals surface area contributed by atoms with Crippen LogP contribution < -0.4 is 14.5 Å². The molecule has 0 unspecified atom stereocenters. The third kappa shape index (κ3) is 3.91. The van der Waals surface area contributed by atoms with Crippen molar-refractivity contribution in [3.8, 4) is 5.75 Å². The molecule has 2 aliphatic rings. The molecule has 6 heteroatoms. The first-order valence-corrected chi connectivity index (χ1v) is 10.1. The van der Waals surface area contributed by atoms with Crippen molar-refractivity contribution in [2.75, 3.05) is 56.2 Å². The van der Waals surface area contributed by atoms with E-state index in [1.807, 2.05) is 35.2 Å². The number of amides is 1. The van der Waals surface area contributed by atoms with Crippen molar-refractivity contribution >= 4 is 17.4 Å². The van der Waals surface area contributed by atoms with Gasteiger partial charge in [-0.15, -0.1) is 0 Å². The molecule has 1 aromatic carbocycles. The number of carbonyl (C=O) groups excluding carboxylic acids is 1. The van der Waals surface area contributed by atoms with Crippen LogP contribution in [0.25, 0.3) is 0 Å². The van der Waals surface area contributed by atoms with Gasteiger partial charge in [0.05, 0.1) is 12.8 Å². The van der Waals surface area contributed by atoms with E-state index >= 15 is 0 Å². The Bertz CT molecular complexity index is 812. The average molecular weight is 380 g/mol. The first-order chi connectivity index (χ1) is 13.8. The second-order valence-corrected chi connectivity index (χ2v) is 7.40. The summed E-state index contributed by atoms with van der Waals surface area (Å²) < 4.78 is 5.50. The van der Waals surface area contributed by atoms with E-state index in [1.165, 1.54) is 6.42 Å². The molecule has 3 heterocycles. The van der Waals surface area contributed by atoms with Crippen LogP contribution in [0.2, 0.25) is 0 Å². The quantitative estimate of drug-likeness (QED) is 0.816. The minimum Gasteiger partial charge on any atom is -0.495 e. The largest absolute Gasteiger partial charge is 0.495 e. The highest BCUT2D eigenvalue weighted by Gasteiger charge is 2.22. The highest BCUT2D eigenvalue weighted by Crippen LogP contribution is 2.29. The lowest BCUT2D eigenvalue weighted by atomic mass is 10.1. The number of ether oxygens (including phenoxy) is 1. The fraction of sp³-hybridized carbons (Fsp3) is 0.455. The standard InChI is InChI=1S/C22H28N4O2/c1-28-20-8-4-3-7-19(20)24-13-15-25(16-14-24)21-17-18(9-10-23-21)22(27)26-11-5-2-6-12-26/h3-4,7-10,17H,2,5-6,11-16H2,1H3. The number of rotatable bonds is 4. The molecule has 1 aromatic heterocycles. The van der Waals surface area contributed by atoms with Crippen molar-refractivity contribution < 1.29 is 9.53 Å². The number of aromatic nitrogens is 1.